The van der Waals surface area contributed by atoms with Gasteiger partial charge in [0, 0.05) is 93.2 Å². The molecule has 5 aromatic rings. The molecule has 0 bridgehead atoms. The highest BCUT2D eigenvalue weighted by Gasteiger charge is 2.47. The van der Waals surface area contributed by atoms with Crippen molar-refractivity contribution in [2.24, 2.45) is 18.9 Å². The Hall–Kier alpha value is -6.31. The summed E-state index contributed by atoms with van der Waals surface area (Å²) in [5, 5.41) is 6.49. The number of aryl methyl sites for hydroxylation is 3. The number of nitrogens with one attached hydrogen (secondary N) is 2. The van der Waals surface area contributed by atoms with Gasteiger partial charge in [0.2, 0.25) is 5.56 Å². The summed E-state index contributed by atoms with van der Waals surface area (Å²) in [5.74, 6) is 2.55. The zero-order valence-corrected chi connectivity index (χ0v) is 42.2. The molecule has 2 aliphatic heterocycles. The summed E-state index contributed by atoms with van der Waals surface area (Å²) in [5.41, 5.74) is 8.86. The third kappa shape index (κ3) is 11.1. The number of aromatic nitrogens is 1. The Morgan fingerprint density at radius 2 is 1.41 bits per heavy atom. The van der Waals surface area contributed by atoms with Crippen LogP contribution in [0.2, 0.25) is 0 Å². The Labute approximate surface area is 408 Å². The Kier molecular flexibility index (Phi) is 15.0. The molecule has 3 fully saturated rings. The molecule has 13 heteroatoms. The molecular formula is C56H71N7O6. The van der Waals surface area contributed by atoms with E-state index in [0.29, 0.717) is 52.9 Å². The zero-order valence-electron chi connectivity index (χ0n) is 42.2. The van der Waals surface area contributed by atoms with Crippen molar-refractivity contribution < 1.29 is 23.8 Å². The molecule has 4 unspecified atom stereocenters. The van der Waals surface area contributed by atoms with E-state index in [1.165, 1.54) is 0 Å². The molecule has 0 spiro atoms. The average Bonchev–Trinajstić information content (AvgIpc) is 4.14. The molecule has 1 aromatic heterocycles. The number of carbonyl (C=O) groups excluding carboxylic acids is 2. The molecular weight excluding hydrogens is 867 g/mol. The van der Waals surface area contributed by atoms with E-state index in [0.717, 1.165) is 96.9 Å². The van der Waals surface area contributed by atoms with E-state index < -0.39 is 0 Å². The van der Waals surface area contributed by atoms with Crippen LogP contribution in [0.1, 0.15) is 88.7 Å². The number of methoxy groups -OCH3 is 2. The summed E-state index contributed by atoms with van der Waals surface area (Å²) in [7, 11) is 9.39. The molecule has 3 heterocycles. The Morgan fingerprint density at radius 1 is 0.710 bits per heavy atom. The molecule has 1 saturated carbocycles. The van der Waals surface area contributed by atoms with Gasteiger partial charge in [-0.1, -0.05) is 25.1 Å². The Balaban J connectivity index is 0.897. The fourth-order valence-corrected chi connectivity index (χ4v) is 10.2. The first-order chi connectivity index (χ1) is 33.1. The lowest BCUT2D eigenvalue weighted by atomic mass is 9.99. The van der Waals surface area contributed by atoms with Gasteiger partial charge in [-0.25, -0.2) is 0 Å². The first-order valence-electron chi connectivity index (χ1n) is 24.5. The number of benzene rings is 4. The fraction of sp³-hybridized carbons (Fsp3) is 0.446. The number of amides is 2. The van der Waals surface area contributed by atoms with E-state index in [2.05, 4.69) is 81.6 Å². The SMILES string of the molecule is CCC1CN(c2ccc(C)c(C(=O)N[C@H](C)c3ccc(OCC4CC4C4CN(C)CCN4c4ccc(C)c(C(=O)N[C@H](C)c5cc(OC)cc(-c6ccc(=O)n(C)c6)c5)c4)c(OC)c3)c2)CCN1C. The summed E-state index contributed by atoms with van der Waals surface area (Å²) in [6, 6.07) is 27.9. The molecule has 13 nitrogen and oxygen atoms in total. The maximum absolute atomic E-state index is 14.1. The number of piperazine rings is 2. The van der Waals surface area contributed by atoms with Crippen LogP contribution < -0.4 is 40.2 Å². The van der Waals surface area contributed by atoms with Crippen molar-refractivity contribution in [3.05, 3.63) is 135 Å². The molecule has 2 saturated heterocycles. The van der Waals surface area contributed by atoms with E-state index >= 15 is 0 Å². The number of pyridine rings is 1. The lowest BCUT2D eigenvalue weighted by molar-refractivity contribution is 0.0930. The quantitative estimate of drug-likeness (QED) is 0.101. The number of likely N-dealkylation sites (N-methyl/N-ethyl adjacent to an activating group) is 2. The van der Waals surface area contributed by atoms with Gasteiger partial charge in [-0.15, -0.1) is 0 Å². The highest BCUT2D eigenvalue weighted by atomic mass is 16.5. The van der Waals surface area contributed by atoms with Gasteiger partial charge in [-0.05, 0) is 161 Å². The predicted molar refractivity (Wildman–Crippen MR) is 275 cm³/mol. The smallest absolute Gasteiger partial charge is 0.252 e. The second kappa shape index (κ2) is 21.1. The molecule has 1 aliphatic carbocycles. The van der Waals surface area contributed by atoms with Crippen LogP contribution in [-0.4, -0.2) is 112 Å². The van der Waals surface area contributed by atoms with Crippen LogP contribution in [0.15, 0.2) is 95.9 Å². The molecule has 2 amide bonds. The number of hydrogen-bond acceptors (Lipinski definition) is 10. The highest BCUT2D eigenvalue weighted by Crippen LogP contribution is 2.46. The van der Waals surface area contributed by atoms with Crippen molar-refractivity contribution in [3.63, 3.8) is 0 Å². The summed E-state index contributed by atoms with van der Waals surface area (Å²) in [6.45, 7) is 16.3. The minimum atomic E-state index is -0.316. The maximum atomic E-state index is 14.1. The number of carbonyl (C=O) groups is 2. The summed E-state index contributed by atoms with van der Waals surface area (Å²) < 4.78 is 19.6. The first kappa shape index (κ1) is 49.1. The number of nitrogens with zero attached hydrogens (tertiary/aromatic N) is 5. The van der Waals surface area contributed by atoms with Gasteiger partial charge >= 0.3 is 0 Å². The minimum absolute atomic E-state index is 0.0811. The molecule has 6 atom stereocenters. The largest absolute Gasteiger partial charge is 0.497 e. The van der Waals surface area contributed by atoms with E-state index in [-0.39, 0.29) is 35.5 Å². The van der Waals surface area contributed by atoms with Gasteiger partial charge < -0.3 is 44.1 Å². The van der Waals surface area contributed by atoms with Crippen LogP contribution in [0.4, 0.5) is 11.4 Å². The van der Waals surface area contributed by atoms with Crippen molar-refractivity contribution in [1.29, 1.82) is 0 Å². The molecule has 0 radical (unpaired) electrons. The normalized spacial score (nSPS) is 20.5. The van der Waals surface area contributed by atoms with Gasteiger partial charge in [0.1, 0.15) is 5.75 Å². The topological polar surface area (TPSA) is 121 Å². The van der Waals surface area contributed by atoms with Gasteiger partial charge in [0.05, 0.1) is 32.9 Å². The summed E-state index contributed by atoms with van der Waals surface area (Å²) in [6.07, 6.45) is 3.94. The third-order valence-corrected chi connectivity index (χ3v) is 14.9. The van der Waals surface area contributed by atoms with Crippen LogP contribution in [-0.2, 0) is 7.05 Å². The van der Waals surface area contributed by atoms with Crippen LogP contribution in [0.25, 0.3) is 11.1 Å². The fourth-order valence-electron chi connectivity index (χ4n) is 10.2. The van der Waals surface area contributed by atoms with Crippen LogP contribution in [0, 0.1) is 25.7 Å². The molecule has 3 aliphatic rings. The second-order valence-electron chi connectivity index (χ2n) is 19.6. The molecule has 366 valence electrons. The lowest BCUT2D eigenvalue weighted by Crippen LogP contribution is -2.53. The average molecular weight is 938 g/mol. The van der Waals surface area contributed by atoms with Crippen molar-refractivity contribution in [3.8, 4) is 28.4 Å². The number of anilines is 2. The van der Waals surface area contributed by atoms with E-state index in [4.69, 9.17) is 14.2 Å². The van der Waals surface area contributed by atoms with Gasteiger partial charge in [0.25, 0.3) is 11.8 Å². The van der Waals surface area contributed by atoms with Gasteiger partial charge in [-0.3, -0.25) is 19.3 Å². The number of rotatable bonds is 16. The molecule has 4 aromatic carbocycles. The second-order valence-corrected chi connectivity index (χ2v) is 19.6. The number of ether oxygens (including phenoxy) is 3. The Morgan fingerprint density at radius 3 is 2.09 bits per heavy atom. The highest BCUT2D eigenvalue weighted by molar-refractivity contribution is 5.97. The van der Waals surface area contributed by atoms with E-state index in [9.17, 15) is 14.4 Å². The van der Waals surface area contributed by atoms with Crippen molar-refractivity contribution in [1.82, 2.24) is 25.0 Å². The molecule has 2 N–H and O–H groups in total. The zero-order chi connectivity index (χ0) is 49.1. The third-order valence-electron chi connectivity index (χ3n) is 14.9. The van der Waals surface area contributed by atoms with Gasteiger partial charge in [0.15, 0.2) is 11.5 Å². The first-order valence-corrected chi connectivity index (χ1v) is 24.5. The van der Waals surface area contributed by atoms with Crippen LogP contribution in [0.3, 0.4) is 0 Å². The lowest BCUT2D eigenvalue weighted by Gasteiger charge is -2.42. The van der Waals surface area contributed by atoms with Crippen LogP contribution >= 0.6 is 0 Å². The summed E-state index contributed by atoms with van der Waals surface area (Å²) >= 11 is 0. The van der Waals surface area contributed by atoms with Crippen molar-refractivity contribution in [2.45, 2.75) is 71.6 Å². The van der Waals surface area contributed by atoms with Crippen molar-refractivity contribution in [2.75, 3.05) is 84.0 Å². The number of hydrogen-bond donors (Lipinski definition) is 2. The monoisotopic (exact) mass is 938 g/mol. The van der Waals surface area contributed by atoms with E-state index in [1.54, 1.807) is 44.2 Å². The van der Waals surface area contributed by atoms with Gasteiger partial charge in [-0.2, -0.15) is 0 Å². The Bertz CT molecular complexity index is 2720. The summed E-state index contributed by atoms with van der Waals surface area (Å²) in [4.78, 5) is 49.6. The van der Waals surface area contributed by atoms with E-state index in [1.807, 2.05) is 70.2 Å². The molecule has 8 rings (SSSR count). The molecule has 69 heavy (non-hydrogen) atoms. The predicted octanol–water partition coefficient (Wildman–Crippen LogP) is 8.03. The standard InChI is InChI=1S/C56H71N7O6/c1-11-44-32-62(22-21-60(44)7)45-16-12-35(2)48(29-45)55(65)57-37(4)39-14-18-52(53(28-39)68-10)69-34-43-27-50(43)51-33-59(6)20-23-63(51)46-17-13-36(3)49(30-46)56(66)58-38(5)41-24-42(26-47(25-41)67-9)40-15-19-54(64)61(8)31-40/h12-19,24-26,28-31,37-38,43-44,50-51H,11,20-23,27,32-34H2,1-10H3,(H,57,65)(H,58,66)/t37-,38-,43?,44?,50?,51?/m1/s1. The van der Waals surface area contributed by atoms with Crippen LogP contribution in [0.5, 0.6) is 17.2 Å². The minimum Gasteiger partial charge on any atom is -0.497 e. The maximum Gasteiger partial charge on any atom is 0.252 e. The van der Waals surface area contributed by atoms with Crippen molar-refractivity contribution >= 4 is 23.2 Å².